The van der Waals surface area contributed by atoms with Crippen LogP contribution in [0.25, 0.3) is 5.69 Å². The van der Waals surface area contributed by atoms with Gasteiger partial charge in [0.25, 0.3) is 5.91 Å². The molecule has 4 rings (SSSR count). The molecule has 3 aromatic rings. The third-order valence-electron chi connectivity index (χ3n) is 4.60. The average molecular weight is 352 g/mol. The van der Waals surface area contributed by atoms with Crippen LogP contribution in [0, 0.1) is 11.6 Å². The highest BCUT2D eigenvalue weighted by atomic mass is 19.1. The Morgan fingerprint density at radius 2 is 1.81 bits per heavy atom. The quantitative estimate of drug-likeness (QED) is 0.661. The number of amides is 1. The molecular weight excluding hydrogens is 334 g/mol. The standard InChI is InChI=1S/C21H18F2N2O/c22-17-7-6-16(20(23)13-17)14-25(18-8-9-18)21(26)15-4-3-5-19(12-15)24-10-1-2-11-24/h1-7,10-13,18H,8-9,14H2. The first-order valence-electron chi connectivity index (χ1n) is 8.60. The van der Waals surface area contributed by atoms with Gasteiger partial charge in [0.05, 0.1) is 0 Å². The predicted octanol–water partition coefficient (Wildman–Crippen LogP) is 4.56. The van der Waals surface area contributed by atoms with Crippen molar-refractivity contribution in [1.82, 2.24) is 9.47 Å². The number of hydrogen-bond acceptors (Lipinski definition) is 1. The SMILES string of the molecule is O=C(c1cccc(-n2cccc2)c1)N(Cc1ccc(F)cc1F)C1CC1. The molecule has 0 aliphatic heterocycles. The minimum absolute atomic E-state index is 0.113. The van der Waals surface area contributed by atoms with Crippen molar-refractivity contribution < 1.29 is 13.6 Å². The monoisotopic (exact) mass is 352 g/mol. The molecule has 1 amide bonds. The molecule has 1 aliphatic rings. The maximum Gasteiger partial charge on any atom is 0.254 e. The molecular formula is C21H18F2N2O. The summed E-state index contributed by atoms with van der Waals surface area (Å²) in [5, 5.41) is 0. The van der Waals surface area contributed by atoms with E-state index in [-0.39, 0.29) is 18.5 Å². The van der Waals surface area contributed by atoms with Crippen LogP contribution in [-0.4, -0.2) is 21.4 Å². The minimum Gasteiger partial charge on any atom is -0.331 e. The van der Waals surface area contributed by atoms with Crippen LogP contribution in [0.2, 0.25) is 0 Å². The van der Waals surface area contributed by atoms with Crippen molar-refractivity contribution >= 4 is 5.91 Å². The lowest BCUT2D eigenvalue weighted by Crippen LogP contribution is -2.33. The number of nitrogens with zero attached hydrogens (tertiary/aromatic N) is 2. The van der Waals surface area contributed by atoms with Crippen molar-refractivity contribution in [2.75, 3.05) is 0 Å². The summed E-state index contributed by atoms with van der Waals surface area (Å²) in [4.78, 5) is 14.7. The molecule has 0 bridgehead atoms. The van der Waals surface area contributed by atoms with E-state index in [1.807, 2.05) is 47.3 Å². The fourth-order valence-corrected chi connectivity index (χ4v) is 3.06. The third kappa shape index (κ3) is 3.38. The molecule has 1 heterocycles. The van der Waals surface area contributed by atoms with Crippen molar-refractivity contribution in [1.29, 1.82) is 0 Å². The molecule has 1 aliphatic carbocycles. The minimum atomic E-state index is -0.621. The number of rotatable bonds is 5. The van der Waals surface area contributed by atoms with Gasteiger partial charge in [-0.05, 0) is 49.2 Å². The second kappa shape index (κ2) is 6.75. The second-order valence-corrected chi connectivity index (χ2v) is 6.54. The summed E-state index contributed by atoms with van der Waals surface area (Å²) in [6.45, 7) is 0.142. The maximum atomic E-state index is 14.0. The Labute approximate surface area is 150 Å². The molecule has 132 valence electrons. The van der Waals surface area contributed by atoms with Crippen LogP contribution in [0.4, 0.5) is 8.78 Å². The van der Waals surface area contributed by atoms with Gasteiger partial charge >= 0.3 is 0 Å². The predicted molar refractivity (Wildman–Crippen MR) is 95.0 cm³/mol. The van der Waals surface area contributed by atoms with Crippen molar-refractivity contribution in [3.63, 3.8) is 0 Å². The van der Waals surface area contributed by atoms with Crippen molar-refractivity contribution in [3.05, 3.63) is 89.8 Å². The van der Waals surface area contributed by atoms with E-state index in [2.05, 4.69) is 0 Å². The van der Waals surface area contributed by atoms with Gasteiger partial charge in [0.2, 0.25) is 0 Å². The van der Waals surface area contributed by atoms with Gasteiger partial charge in [-0.15, -0.1) is 0 Å². The van der Waals surface area contributed by atoms with Gasteiger partial charge in [-0.25, -0.2) is 8.78 Å². The van der Waals surface area contributed by atoms with Gasteiger partial charge in [-0.1, -0.05) is 12.1 Å². The maximum absolute atomic E-state index is 14.0. The van der Waals surface area contributed by atoms with E-state index in [1.54, 1.807) is 11.0 Å². The number of carbonyl (C=O) groups is 1. The summed E-state index contributed by atoms with van der Waals surface area (Å²) in [5.74, 6) is -1.37. The van der Waals surface area contributed by atoms with Crippen LogP contribution in [0.1, 0.15) is 28.8 Å². The molecule has 0 atom stereocenters. The smallest absolute Gasteiger partial charge is 0.254 e. The molecule has 1 fully saturated rings. The fraction of sp³-hybridized carbons (Fsp3) is 0.190. The Morgan fingerprint density at radius 1 is 1.04 bits per heavy atom. The zero-order valence-corrected chi connectivity index (χ0v) is 14.1. The highest BCUT2D eigenvalue weighted by molar-refractivity contribution is 5.95. The molecule has 0 spiro atoms. The normalized spacial score (nSPS) is 13.6. The topological polar surface area (TPSA) is 25.2 Å². The molecule has 5 heteroatoms. The molecule has 0 saturated heterocycles. The summed E-state index contributed by atoms with van der Waals surface area (Å²) < 4.78 is 29.1. The number of carbonyl (C=O) groups excluding carboxylic acids is 1. The highest BCUT2D eigenvalue weighted by Crippen LogP contribution is 2.30. The van der Waals surface area contributed by atoms with Crippen molar-refractivity contribution in [3.8, 4) is 5.69 Å². The van der Waals surface area contributed by atoms with Crippen LogP contribution < -0.4 is 0 Å². The van der Waals surface area contributed by atoms with Gasteiger partial charge in [0, 0.05) is 47.9 Å². The van der Waals surface area contributed by atoms with Crippen LogP contribution >= 0.6 is 0 Å². The van der Waals surface area contributed by atoms with E-state index in [0.29, 0.717) is 11.1 Å². The Hall–Kier alpha value is -2.95. The first-order valence-corrected chi connectivity index (χ1v) is 8.60. The molecule has 1 saturated carbocycles. The van der Waals surface area contributed by atoms with E-state index in [9.17, 15) is 13.6 Å². The van der Waals surface area contributed by atoms with Crippen LogP contribution in [-0.2, 0) is 6.54 Å². The molecule has 2 aromatic carbocycles. The molecule has 3 nitrogen and oxygen atoms in total. The third-order valence-corrected chi connectivity index (χ3v) is 4.60. The molecule has 1 aromatic heterocycles. The Bertz CT molecular complexity index is 933. The summed E-state index contributed by atoms with van der Waals surface area (Å²) >= 11 is 0. The van der Waals surface area contributed by atoms with Gasteiger partial charge in [-0.3, -0.25) is 4.79 Å². The Morgan fingerprint density at radius 3 is 2.50 bits per heavy atom. The summed E-state index contributed by atoms with van der Waals surface area (Å²) in [5.41, 5.74) is 1.78. The fourth-order valence-electron chi connectivity index (χ4n) is 3.06. The van der Waals surface area contributed by atoms with Gasteiger partial charge < -0.3 is 9.47 Å². The van der Waals surface area contributed by atoms with Crippen LogP contribution in [0.15, 0.2) is 67.0 Å². The lowest BCUT2D eigenvalue weighted by Gasteiger charge is -2.23. The lowest BCUT2D eigenvalue weighted by atomic mass is 10.1. The Balaban J connectivity index is 1.61. The number of aromatic nitrogens is 1. The molecule has 26 heavy (non-hydrogen) atoms. The highest BCUT2D eigenvalue weighted by Gasteiger charge is 2.33. The van der Waals surface area contributed by atoms with Gasteiger partial charge in [0.15, 0.2) is 0 Å². The first kappa shape index (κ1) is 16.5. The summed E-state index contributed by atoms with van der Waals surface area (Å²) in [7, 11) is 0. The van der Waals surface area contributed by atoms with E-state index >= 15 is 0 Å². The Kier molecular flexibility index (Phi) is 4.29. The summed E-state index contributed by atoms with van der Waals surface area (Å²) in [6, 6.07) is 14.8. The molecule has 0 N–H and O–H groups in total. The number of halogens is 2. The first-order chi connectivity index (χ1) is 12.6. The van der Waals surface area contributed by atoms with Crippen molar-refractivity contribution in [2.24, 2.45) is 0 Å². The number of benzene rings is 2. The van der Waals surface area contributed by atoms with Crippen molar-refractivity contribution in [2.45, 2.75) is 25.4 Å². The molecule has 0 radical (unpaired) electrons. The summed E-state index contributed by atoms with van der Waals surface area (Å²) in [6.07, 6.45) is 5.64. The zero-order valence-electron chi connectivity index (χ0n) is 14.1. The largest absolute Gasteiger partial charge is 0.331 e. The van der Waals surface area contributed by atoms with E-state index in [4.69, 9.17) is 0 Å². The second-order valence-electron chi connectivity index (χ2n) is 6.54. The van der Waals surface area contributed by atoms with E-state index in [1.165, 1.54) is 12.1 Å². The van der Waals surface area contributed by atoms with Gasteiger partial charge in [-0.2, -0.15) is 0 Å². The molecule has 0 unspecified atom stereocenters. The van der Waals surface area contributed by atoms with Crippen LogP contribution in [0.3, 0.4) is 0 Å². The van der Waals surface area contributed by atoms with Crippen LogP contribution in [0.5, 0.6) is 0 Å². The zero-order chi connectivity index (χ0) is 18.1. The lowest BCUT2D eigenvalue weighted by molar-refractivity contribution is 0.0728. The van der Waals surface area contributed by atoms with E-state index in [0.717, 1.165) is 24.6 Å². The average Bonchev–Trinajstić information content (AvgIpc) is 3.33. The van der Waals surface area contributed by atoms with E-state index < -0.39 is 11.6 Å². The number of hydrogen-bond donors (Lipinski definition) is 0. The van der Waals surface area contributed by atoms with Gasteiger partial charge in [0.1, 0.15) is 11.6 Å².